The summed E-state index contributed by atoms with van der Waals surface area (Å²) in [5.74, 6) is 0.0996. The van der Waals surface area contributed by atoms with Crippen LogP contribution in [0.25, 0.3) is 0 Å². The van der Waals surface area contributed by atoms with E-state index in [1.54, 1.807) is 0 Å². The van der Waals surface area contributed by atoms with Crippen molar-refractivity contribution >= 4 is 5.91 Å². The van der Waals surface area contributed by atoms with Crippen molar-refractivity contribution in [3.8, 4) is 0 Å². The molecule has 0 atom stereocenters. The second kappa shape index (κ2) is 11.5. The minimum atomic E-state index is 0.0996. The summed E-state index contributed by atoms with van der Waals surface area (Å²) in [6.07, 6.45) is 4.60. The molecular weight excluding hydrogens is 192 g/mol. The fourth-order valence-corrected chi connectivity index (χ4v) is 1.13. The van der Waals surface area contributed by atoms with Gasteiger partial charge in [0.25, 0.3) is 0 Å². The van der Waals surface area contributed by atoms with E-state index in [0.717, 1.165) is 32.3 Å². The Kier molecular flexibility index (Phi) is 11.0. The van der Waals surface area contributed by atoms with Gasteiger partial charge in [0.15, 0.2) is 0 Å². The zero-order chi connectivity index (χ0) is 11.4. The van der Waals surface area contributed by atoms with Gasteiger partial charge in [-0.15, -0.1) is 0 Å². The highest BCUT2D eigenvalue weighted by atomic mass is 16.5. The van der Waals surface area contributed by atoms with Crippen molar-refractivity contribution in [1.82, 2.24) is 5.32 Å². The molecule has 90 valence electrons. The Hall–Kier alpha value is -0.610. The molecule has 0 saturated carbocycles. The molecule has 0 aromatic heterocycles. The first-order valence-corrected chi connectivity index (χ1v) is 5.85. The first-order valence-electron chi connectivity index (χ1n) is 5.85. The molecule has 15 heavy (non-hydrogen) atoms. The number of carbonyl (C=O) groups excluding carboxylic acids is 1. The maximum Gasteiger partial charge on any atom is 0.220 e. The molecule has 0 radical (unpaired) electrons. The summed E-state index contributed by atoms with van der Waals surface area (Å²) in [6, 6.07) is 0. The third-order valence-electron chi connectivity index (χ3n) is 2.07. The third kappa shape index (κ3) is 11.3. The molecule has 3 N–H and O–H groups in total. The quantitative estimate of drug-likeness (QED) is 0.536. The lowest BCUT2D eigenvalue weighted by Gasteiger charge is -2.05. The second-order valence-corrected chi connectivity index (χ2v) is 3.56. The molecule has 0 rings (SSSR count). The van der Waals surface area contributed by atoms with Crippen molar-refractivity contribution in [3.05, 3.63) is 0 Å². The zero-order valence-electron chi connectivity index (χ0n) is 9.76. The number of ether oxygens (including phenoxy) is 1. The van der Waals surface area contributed by atoms with Crippen molar-refractivity contribution in [2.45, 2.75) is 39.0 Å². The first kappa shape index (κ1) is 14.4. The van der Waals surface area contributed by atoms with Crippen LogP contribution in [-0.2, 0) is 9.53 Å². The minimum Gasteiger partial charge on any atom is -0.380 e. The molecule has 0 saturated heterocycles. The normalized spacial score (nSPS) is 10.3. The number of hydrogen-bond acceptors (Lipinski definition) is 3. The lowest BCUT2D eigenvalue weighted by atomic mass is 10.2. The van der Waals surface area contributed by atoms with Gasteiger partial charge >= 0.3 is 0 Å². The summed E-state index contributed by atoms with van der Waals surface area (Å²) >= 11 is 0. The van der Waals surface area contributed by atoms with E-state index in [9.17, 15) is 4.79 Å². The van der Waals surface area contributed by atoms with Crippen LogP contribution in [0.2, 0.25) is 0 Å². The SMILES string of the molecule is CCCCOCCNC(=O)CCCCN. The number of nitrogens with two attached hydrogens (primary N) is 1. The van der Waals surface area contributed by atoms with E-state index in [2.05, 4.69) is 12.2 Å². The van der Waals surface area contributed by atoms with Crippen LogP contribution in [0, 0.1) is 0 Å². The molecule has 0 unspecified atom stereocenters. The van der Waals surface area contributed by atoms with Crippen LogP contribution in [0.5, 0.6) is 0 Å². The maximum atomic E-state index is 11.2. The predicted octanol–water partition coefficient (Wildman–Crippen LogP) is 1.05. The highest BCUT2D eigenvalue weighted by molar-refractivity contribution is 5.75. The van der Waals surface area contributed by atoms with Crippen LogP contribution in [0.15, 0.2) is 0 Å². The highest BCUT2D eigenvalue weighted by Crippen LogP contribution is 1.92. The topological polar surface area (TPSA) is 64.3 Å². The van der Waals surface area contributed by atoms with E-state index in [1.807, 2.05) is 0 Å². The van der Waals surface area contributed by atoms with E-state index >= 15 is 0 Å². The summed E-state index contributed by atoms with van der Waals surface area (Å²) < 4.78 is 5.32. The Balaban J connectivity index is 3.10. The monoisotopic (exact) mass is 216 g/mol. The van der Waals surface area contributed by atoms with Gasteiger partial charge in [0.2, 0.25) is 5.91 Å². The van der Waals surface area contributed by atoms with Gasteiger partial charge in [-0.2, -0.15) is 0 Å². The van der Waals surface area contributed by atoms with Crippen LogP contribution in [0.4, 0.5) is 0 Å². The number of rotatable bonds is 10. The molecule has 4 nitrogen and oxygen atoms in total. The lowest BCUT2D eigenvalue weighted by Crippen LogP contribution is -2.27. The second-order valence-electron chi connectivity index (χ2n) is 3.56. The smallest absolute Gasteiger partial charge is 0.220 e. The molecule has 0 aliphatic heterocycles. The summed E-state index contributed by atoms with van der Waals surface area (Å²) in [5, 5.41) is 2.81. The van der Waals surface area contributed by atoms with E-state index in [-0.39, 0.29) is 5.91 Å². The van der Waals surface area contributed by atoms with Gasteiger partial charge in [0, 0.05) is 19.6 Å². The van der Waals surface area contributed by atoms with Gasteiger partial charge in [-0.05, 0) is 25.8 Å². The van der Waals surface area contributed by atoms with Gasteiger partial charge < -0.3 is 15.8 Å². The van der Waals surface area contributed by atoms with Crippen molar-refractivity contribution < 1.29 is 9.53 Å². The molecule has 4 heteroatoms. The lowest BCUT2D eigenvalue weighted by molar-refractivity contribution is -0.121. The number of hydrogen-bond donors (Lipinski definition) is 2. The molecular formula is C11H24N2O2. The number of nitrogens with one attached hydrogen (secondary N) is 1. The molecule has 0 aromatic rings. The van der Waals surface area contributed by atoms with Crippen molar-refractivity contribution in [2.24, 2.45) is 5.73 Å². The van der Waals surface area contributed by atoms with E-state index in [0.29, 0.717) is 26.1 Å². The zero-order valence-corrected chi connectivity index (χ0v) is 9.76. The Morgan fingerprint density at radius 2 is 2.07 bits per heavy atom. The predicted molar refractivity (Wildman–Crippen MR) is 61.6 cm³/mol. The maximum absolute atomic E-state index is 11.2. The van der Waals surface area contributed by atoms with Crippen LogP contribution in [-0.4, -0.2) is 32.2 Å². The van der Waals surface area contributed by atoms with Gasteiger partial charge in [0.05, 0.1) is 6.61 Å². The van der Waals surface area contributed by atoms with Gasteiger partial charge in [-0.1, -0.05) is 13.3 Å². The van der Waals surface area contributed by atoms with Gasteiger partial charge in [-0.25, -0.2) is 0 Å². The van der Waals surface area contributed by atoms with Gasteiger partial charge in [-0.3, -0.25) is 4.79 Å². The van der Waals surface area contributed by atoms with Crippen LogP contribution in [0.1, 0.15) is 39.0 Å². The Bertz CT molecular complexity index is 152. The van der Waals surface area contributed by atoms with Crippen LogP contribution in [0.3, 0.4) is 0 Å². The largest absolute Gasteiger partial charge is 0.380 e. The van der Waals surface area contributed by atoms with Crippen LogP contribution >= 0.6 is 0 Å². The van der Waals surface area contributed by atoms with Crippen molar-refractivity contribution in [1.29, 1.82) is 0 Å². The first-order chi connectivity index (χ1) is 7.31. The molecule has 0 spiro atoms. The Morgan fingerprint density at radius 1 is 1.27 bits per heavy atom. The molecule has 0 aliphatic carbocycles. The summed E-state index contributed by atoms with van der Waals surface area (Å²) in [4.78, 5) is 11.2. The summed E-state index contributed by atoms with van der Waals surface area (Å²) in [7, 11) is 0. The van der Waals surface area contributed by atoms with E-state index < -0.39 is 0 Å². The number of unbranched alkanes of at least 4 members (excludes halogenated alkanes) is 2. The Labute approximate surface area is 92.6 Å². The van der Waals surface area contributed by atoms with E-state index in [4.69, 9.17) is 10.5 Å². The number of carbonyl (C=O) groups is 1. The standard InChI is InChI=1S/C11H24N2O2/c1-2-3-9-15-10-8-13-11(14)6-4-5-7-12/h2-10,12H2,1H3,(H,13,14). The Morgan fingerprint density at radius 3 is 2.73 bits per heavy atom. The fourth-order valence-electron chi connectivity index (χ4n) is 1.13. The molecule has 0 heterocycles. The molecule has 1 amide bonds. The summed E-state index contributed by atoms with van der Waals surface area (Å²) in [5.41, 5.74) is 5.33. The van der Waals surface area contributed by atoms with Gasteiger partial charge in [0.1, 0.15) is 0 Å². The highest BCUT2D eigenvalue weighted by Gasteiger charge is 1.99. The number of amides is 1. The fraction of sp³-hybridized carbons (Fsp3) is 0.909. The molecule has 0 aliphatic rings. The summed E-state index contributed by atoms with van der Waals surface area (Å²) in [6.45, 7) is 4.81. The van der Waals surface area contributed by atoms with E-state index in [1.165, 1.54) is 0 Å². The molecule has 0 aromatic carbocycles. The van der Waals surface area contributed by atoms with Crippen LogP contribution < -0.4 is 11.1 Å². The molecule has 0 fully saturated rings. The molecule has 0 bridgehead atoms. The average Bonchev–Trinajstić information content (AvgIpc) is 2.23. The third-order valence-corrected chi connectivity index (χ3v) is 2.07. The van der Waals surface area contributed by atoms with Crippen molar-refractivity contribution in [3.63, 3.8) is 0 Å². The van der Waals surface area contributed by atoms with Crippen molar-refractivity contribution in [2.75, 3.05) is 26.3 Å². The minimum absolute atomic E-state index is 0.0996. The average molecular weight is 216 g/mol.